The van der Waals surface area contributed by atoms with Gasteiger partial charge in [0.05, 0.1) is 5.56 Å². The Kier molecular flexibility index (Phi) is 3.59. The number of carboxylic acids is 1. The Bertz CT molecular complexity index is 432. The number of alkyl halides is 3. The van der Waals surface area contributed by atoms with Gasteiger partial charge in [0.1, 0.15) is 12.4 Å². The molecule has 0 aromatic carbocycles. The van der Waals surface area contributed by atoms with Crippen molar-refractivity contribution in [3.8, 4) is 0 Å². The minimum Gasteiger partial charge on any atom is -0.478 e. The summed E-state index contributed by atoms with van der Waals surface area (Å²) in [5, 5.41) is 8.78. The number of carboxylic acid groups (broad SMARTS) is 1. The van der Waals surface area contributed by atoms with E-state index in [-0.39, 0.29) is 11.4 Å². The fourth-order valence-corrected chi connectivity index (χ4v) is 1.32. The largest absolute Gasteiger partial charge is 0.478 e. The fourth-order valence-electron chi connectivity index (χ4n) is 1.32. The van der Waals surface area contributed by atoms with Gasteiger partial charge in [0.2, 0.25) is 0 Å². The first-order chi connectivity index (χ1) is 7.69. The summed E-state index contributed by atoms with van der Waals surface area (Å²) < 4.78 is 36.5. The summed E-state index contributed by atoms with van der Waals surface area (Å²) >= 11 is 0. The lowest BCUT2D eigenvalue weighted by Gasteiger charge is -2.20. The van der Waals surface area contributed by atoms with E-state index in [1.54, 1.807) is 0 Å². The zero-order valence-corrected chi connectivity index (χ0v) is 9.25. The predicted molar refractivity (Wildman–Crippen MR) is 55.3 cm³/mol. The molecule has 0 unspecified atom stereocenters. The summed E-state index contributed by atoms with van der Waals surface area (Å²) in [6.45, 7) is 0.347. The van der Waals surface area contributed by atoms with Gasteiger partial charge in [-0.05, 0) is 19.1 Å². The highest BCUT2D eigenvalue weighted by Crippen LogP contribution is 2.20. The van der Waals surface area contributed by atoms with Gasteiger partial charge in [0, 0.05) is 12.7 Å². The van der Waals surface area contributed by atoms with Crippen LogP contribution in [-0.4, -0.2) is 35.8 Å². The molecule has 1 aromatic rings. The number of hydrogen-bond donors (Lipinski definition) is 1. The maximum atomic E-state index is 12.2. The topological polar surface area (TPSA) is 53.4 Å². The highest BCUT2D eigenvalue weighted by atomic mass is 19.4. The van der Waals surface area contributed by atoms with E-state index in [1.807, 2.05) is 0 Å². The lowest BCUT2D eigenvalue weighted by Crippen LogP contribution is -2.31. The Morgan fingerprint density at radius 3 is 2.53 bits per heavy atom. The molecule has 17 heavy (non-hydrogen) atoms. The third kappa shape index (κ3) is 3.93. The quantitative estimate of drug-likeness (QED) is 0.889. The standard InChI is InChI=1S/C10H11F3N2O2/c1-6-3-7(9(16)17)4-8(14-6)15(2)5-10(11,12)13/h3-4H,5H2,1-2H3,(H,16,17). The number of aromatic nitrogens is 1. The second-order valence-corrected chi connectivity index (χ2v) is 3.63. The lowest BCUT2D eigenvalue weighted by atomic mass is 10.2. The maximum absolute atomic E-state index is 12.2. The number of nitrogens with zero attached hydrogens (tertiary/aromatic N) is 2. The van der Waals surface area contributed by atoms with Crippen LogP contribution in [0.1, 0.15) is 16.1 Å². The monoisotopic (exact) mass is 248 g/mol. The third-order valence-corrected chi connectivity index (χ3v) is 1.99. The smallest absolute Gasteiger partial charge is 0.405 e. The summed E-state index contributed by atoms with van der Waals surface area (Å²) in [5.74, 6) is -1.21. The van der Waals surface area contributed by atoms with Crippen molar-refractivity contribution in [3.63, 3.8) is 0 Å². The summed E-state index contributed by atoms with van der Waals surface area (Å²) in [5.41, 5.74) is 0.274. The number of aromatic carboxylic acids is 1. The Morgan fingerprint density at radius 2 is 2.06 bits per heavy atom. The zero-order valence-electron chi connectivity index (χ0n) is 9.25. The van der Waals surface area contributed by atoms with Gasteiger partial charge in [-0.15, -0.1) is 0 Å². The number of halogens is 3. The van der Waals surface area contributed by atoms with Gasteiger partial charge in [-0.1, -0.05) is 0 Å². The van der Waals surface area contributed by atoms with Crippen molar-refractivity contribution in [2.75, 3.05) is 18.5 Å². The highest BCUT2D eigenvalue weighted by Gasteiger charge is 2.30. The van der Waals surface area contributed by atoms with Crippen molar-refractivity contribution in [2.45, 2.75) is 13.1 Å². The Hall–Kier alpha value is -1.79. The summed E-state index contributed by atoms with van der Waals surface area (Å²) in [6.07, 6.45) is -4.36. The first-order valence-corrected chi connectivity index (χ1v) is 4.69. The van der Waals surface area contributed by atoms with E-state index < -0.39 is 18.7 Å². The number of aryl methyl sites for hydroxylation is 1. The van der Waals surface area contributed by atoms with Crippen molar-refractivity contribution in [3.05, 3.63) is 23.4 Å². The average molecular weight is 248 g/mol. The Balaban J connectivity index is 3.01. The van der Waals surface area contributed by atoms with Crippen LogP contribution in [-0.2, 0) is 0 Å². The van der Waals surface area contributed by atoms with E-state index in [0.29, 0.717) is 5.69 Å². The summed E-state index contributed by atoms with van der Waals surface area (Å²) in [6, 6.07) is 2.41. The van der Waals surface area contributed by atoms with Gasteiger partial charge in [-0.2, -0.15) is 13.2 Å². The third-order valence-electron chi connectivity index (χ3n) is 1.99. The van der Waals surface area contributed by atoms with Crippen molar-refractivity contribution in [2.24, 2.45) is 0 Å². The molecule has 0 bridgehead atoms. The zero-order chi connectivity index (χ0) is 13.2. The predicted octanol–water partition coefficient (Wildman–Crippen LogP) is 2.09. The second kappa shape index (κ2) is 4.60. The Morgan fingerprint density at radius 1 is 1.47 bits per heavy atom. The molecule has 0 atom stereocenters. The summed E-state index contributed by atoms with van der Waals surface area (Å²) in [7, 11) is 1.21. The molecule has 0 fully saturated rings. The molecule has 0 aliphatic heterocycles. The molecule has 0 aliphatic rings. The van der Waals surface area contributed by atoms with Crippen LogP contribution in [0.3, 0.4) is 0 Å². The second-order valence-electron chi connectivity index (χ2n) is 3.63. The van der Waals surface area contributed by atoms with E-state index in [2.05, 4.69) is 4.98 Å². The van der Waals surface area contributed by atoms with Crippen molar-refractivity contribution >= 4 is 11.8 Å². The van der Waals surface area contributed by atoms with Crippen LogP contribution in [0.2, 0.25) is 0 Å². The van der Waals surface area contributed by atoms with Gasteiger partial charge < -0.3 is 10.0 Å². The molecule has 4 nitrogen and oxygen atoms in total. The molecule has 0 saturated heterocycles. The van der Waals surface area contributed by atoms with Crippen LogP contribution in [0.25, 0.3) is 0 Å². The van der Waals surface area contributed by atoms with Crippen LogP contribution >= 0.6 is 0 Å². The molecule has 7 heteroatoms. The van der Waals surface area contributed by atoms with E-state index >= 15 is 0 Å². The molecular weight excluding hydrogens is 237 g/mol. The van der Waals surface area contributed by atoms with Crippen LogP contribution in [0, 0.1) is 6.92 Å². The van der Waals surface area contributed by atoms with Crippen molar-refractivity contribution < 1.29 is 23.1 Å². The number of pyridine rings is 1. The Labute approximate surface area is 95.7 Å². The first-order valence-electron chi connectivity index (χ1n) is 4.69. The molecule has 1 heterocycles. The number of carbonyl (C=O) groups is 1. The van der Waals surface area contributed by atoms with Crippen LogP contribution in [0.15, 0.2) is 12.1 Å². The maximum Gasteiger partial charge on any atom is 0.405 e. The highest BCUT2D eigenvalue weighted by molar-refractivity contribution is 5.88. The molecule has 0 radical (unpaired) electrons. The van der Waals surface area contributed by atoms with Crippen LogP contribution in [0.4, 0.5) is 19.0 Å². The van der Waals surface area contributed by atoms with Crippen molar-refractivity contribution in [1.29, 1.82) is 0 Å². The SMILES string of the molecule is Cc1cc(C(=O)O)cc(N(C)CC(F)(F)F)n1. The molecule has 1 rings (SSSR count). The number of rotatable bonds is 3. The molecule has 1 N–H and O–H groups in total. The molecule has 0 amide bonds. The molecule has 1 aromatic heterocycles. The van der Waals surface area contributed by atoms with E-state index in [1.165, 1.54) is 20.0 Å². The van der Waals surface area contributed by atoms with Gasteiger partial charge >= 0.3 is 12.1 Å². The minimum atomic E-state index is -4.36. The summed E-state index contributed by atoms with van der Waals surface area (Å²) in [4.78, 5) is 15.5. The number of anilines is 1. The normalized spacial score (nSPS) is 11.4. The first kappa shape index (κ1) is 13.3. The molecule has 0 saturated carbocycles. The van der Waals surface area contributed by atoms with Gasteiger partial charge in [0.25, 0.3) is 0 Å². The van der Waals surface area contributed by atoms with E-state index in [0.717, 1.165) is 11.0 Å². The van der Waals surface area contributed by atoms with E-state index in [9.17, 15) is 18.0 Å². The van der Waals surface area contributed by atoms with Crippen LogP contribution in [0.5, 0.6) is 0 Å². The molecular formula is C10H11F3N2O2. The average Bonchev–Trinajstić information content (AvgIpc) is 2.13. The van der Waals surface area contributed by atoms with E-state index in [4.69, 9.17) is 5.11 Å². The van der Waals surface area contributed by atoms with Crippen molar-refractivity contribution in [1.82, 2.24) is 4.98 Å². The molecule has 0 aliphatic carbocycles. The number of hydrogen-bond acceptors (Lipinski definition) is 3. The minimum absolute atomic E-state index is 0.0141. The van der Waals surface area contributed by atoms with Gasteiger partial charge in [-0.25, -0.2) is 9.78 Å². The molecule has 0 spiro atoms. The van der Waals surface area contributed by atoms with Gasteiger partial charge in [0.15, 0.2) is 0 Å². The van der Waals surface area contributed by atoms with Crippen LogP contribution < -0.4 is 4.90 Å². The molecule has 94 valence electrons. The van der Waals surface area contributed by atoms with Gasteiger partial charge in [-0.3, -0.25) is 0 Å². The lowest BCUT2D eigenvalue weighted by molar-refractivity contribution is -0.119. The fraction of sp³-hybridized carbons (Fsp3) is 0.400.